The van der Waals surface area contributed by atoms with E-state index < -0.39 is 0 Å². The first-order valence-electron chi connectivity index (χ1n) is 12.4. The van der Waals surface area contributed by atoms with E-state index in [1.165, 1.54) is 19.3 Å². The van der Waals surface area contributed by atoms with Gasteiger partial charge in [-0.25, -0.2) is 9.97 Å². The van der Waals surface area contributed by atoms with Crippen LogP contribution in [0.4, 0.5) is 5.82 Å². The summed E-state index contributed by atoms with van der Waals surface area (Å²) in [4.78, 5) is 24.8. The molecule has 1 N–H and O–H groups in total. The Kier molecular flexibility index (Phi) is 8.28. The van der Waals surface area contributed by atoms with Gasteiger partial charge in [0, 0.05) is 38.0 Å². The van der Waals surface area contributed by atoms with Crippen molar-refractivity contribution < 1.29 is 23.7 Å². The van der Waals surface area contributed by atoms with Crippen molar-refractivity contribution in [2.75, 3.05) is 46.4 Å². The Morgan fingerprint density at radius 1 is 1.06 bits per heavy atom. The lowest BCUT2D eigenvalue weighted by molar-refractivity contribution is 0.0857. The third-order valence-electron chi connectivity index (χ3n) is 6.91. The zero-order valence-corrected chi connectivity index (χ0v) is 21.1. The molecule has 1 atom stereocenters. The van der Waals surface area contributed by atoms with E-state index in [-0.39, 0.29) is 12.0 Å². The van der Waals surface area contributed by atoms with Gasteiger partial charge in [0.2, 0.25) is 5.75 Å². The molecule has 1 amide bonds. The molecule has 2 fully saturated rings. The molecule has 0 bridgehead atoms. The first-order valence-corrected chi connectivity index (χ1v) is 12.4. The van der Waals surface area contributed by atoms with Crippen molar-refractivity contribution in [1.29, 1.82) is 0 Å². The molecule has 2 heterocycles. The van der Waals surface area contributed by atoms with Gasteiger partial charge in [-0.05, 0) is 37.8 Å². The Bertz CT molecular complexity index is 994. The molecule has 0 spiro atoms. The Balaban J connectivity index is 1.69. The molecule has 4 rings (SSSR count). The molecule has 1 saturated heterocycles. The Morgan fingerprint density at radius 2 is 1.77 bits per heavy atom. The fraction of sp³-hybridized carbons (Fsp3) is 0.577. The highest BCUT2D eigenvalue weighted by molar-refractivity contribution is 5.99. The molecule has 1 aliphatic carbocycles. The number of methoxy groups -OCH3 is 3. The SMILES string of the molecule is COc1cc(-c2ncc(C(=O)NC[C@H]3CCCO3)c(N(C)C3CCCCC3)n2)cc(OC)c1OC. The van der Waals surface area contributed by atoms with Gasteiger partial charge in [-0.1, -0.05) is 19.3 Å². The van der Waals surface area contributed by atoms with E-state index in [4.69, 9.17) is 23.9 Å². The van der Waals surface area contributed by atoms with Crippen LogP contribution in [0.25, 0.3) is 11.4 Å². The number of rotatable bonds is 9. The number of amides is 1. The summed E-state index contributed by atoms with van der Waals surface area (Å²) in [6.45, 7) is 1.24. The number of ether oxygens (including phenoxy) is 4. The maximum Gasteiger partial charge on any atom is 0.256 e. The number of benzene rings is 1. The summed E-state index contributed by atoms with van der Waals surface area (Å²) in [7, 11) is 6.74. The van der Waals surface area contributed by atoms with Gasteiger partial charge < -0.3 is 29.2 Å². The number of aromatic nitrogens is 2. The molecule has 9 nitrogen and oxygen atoms in total. The number of anilines is 1. The summed E-state index contributed by atoms with van der Waals surface area (Å²) in [5, 5.41) is 3.02. The summed E-state index contributed by atoms with van der Waals surface area (Å²) < 4.78 is 22.1. The molecule has 1 saturated carbocycles. The molecule has 1 aromatic heterocycles. The van der Waals surface area contributed by atoms with Crippen LogP contribution >= 0.6 is 0 Å². The predicted molar refractivity (Wildman–Crippen MR) is 134 cm³/mol. The van der Waals surface area contributed by atoms with E-state index in [0.29, 0.717) is 52.6 Å². The number of nitrogens with one attached hydrogen (secondary N) is 1. The van der Waals surface area contributed by atoms with Crippen LogP contribution < -0.4 is 24.4 Å². The van der Waals surface area contributed by atoms with Crippen molar-refractivity contribution >= 4 is 11.7 Å². The van der Waals surface area contributed by atoms with Gasteiger partial charge in [0.15, 0.2) is 17.3 Å². The normalized spacial score (nSPS) is 18.2. The first-order chi connectivity index (χ1) is 17.0. The molecule has 0 radical (unpaired) electrons. The van der Waals surface area contributed by atoms with Gasteiger partial charge in [0.1, 0.15) is 11.4 Å². The maximum absolute atomic E-state index is 13.2. The van der Waals surface area contributed by atoms with Crippen LogP contribution in [0, 0.1) is 0 Å². The fourth-order valence-corrected chi connectivity index (χ4v) is 4.90. The standard InChI is InChI=1S/C26H36N4O5/c1-30(18-9-6-5-7-10-18)25-20(26(31)28-15-19-11-8-12-35-19)16-27-24(29-25)17-13-21(32-2)23(34-4)22(14-17)33-3/h13-14,16,18-19H,5-12,15H2,1-4H3,(H,28,31)/t19-/m1/s1. The van der Waals surface area contributed by atoms with Gasteiger partial charge in [0.25, 0.3) is 5.91 Å². The lowest BCUT2D eigenvalue weighted by Crippen LogP contribution is -2.37. The number of hydrogen-bond donors (Lipinski definition) is 1. The molecule has 1 aliphatic heterocycles. The Hall–Kier alpha value is -3.07. The van der Waals surface area contributed by atoms with E-state index in [9.17, 15) is 4.79 Å². The van der Waals surface area contributed by atoms with E-state index in [0.717, 1.165) is 32.3 Å². The van der Waals surface area contributed by atoms with Crippen LogP contribution in [0.2, 0.25) is 0 Å². The fourth-order valence-electron chi connectivity index (χ4n) is 4.90. The van der Waals surface area contributed by atoms with Crippen molar-refractivity contribution in [3.8, 4) is 28.6 Å². The monoisotopic (exact) mass is 484 g/mol. The highest BCUT2D eigenvalue weighted by Gasteiger charge is 2.26. The van der Waals surface area contributed by atoms with Crippen molar-refractivity contribution in [3.05, 3.63) is 23.9 Å². The smallest absolute Gasteiger partial charge is 0.256 e. The van der Waals surface area contributed by atoms with Gasteiger partial charge in [-0.2, -0.15) is 0 Å². The number of carbonyl (C=O) groups is 1. The summed E-state index contributed by atoms with van der Waals surface area (Å²) in [5.74, 6) is 2.47. The van der Waals surface area contributed by atoms with Gasteiger partial charge >= 0.3 is 0 Å². The van der Waals surface area contributed by atoms with E-state index in [1.54, 1.807) is 27.5 Å². The predicted octanol–water partition coefficient (Wildman–Crippen LogP) is 3.85. The topological polar surface area (TPSA) is 95.0 Å². The number of carbonyl (C=O) groups excluding carboxylic acids is 1. The Morgan fingerprint density at radius 3 is 2.37 bits per heavy atom. The van der Waals surface area contributed by atoms with Crippen molar-refractivity contribution in [2.24, 2.45) is 0 Å². The second-order valence-corrected chi connectivity index (χ2v) is 9.09. The van der Waals surface area contributed by atoms with E-state index >= 15 is 0 Å². The van der Waals surface area contributed by atoms with Crippen LogP contribution in [0.5, 0.6) is 17.2 Å². The lowest BCUT2D eigenvalue weighted by Gasteiger charge is -2.33. The number of hydrogen-bond acceptors (Lipinski definition) is 8. The molecular formula is C26H36N4O5. The summed E-state index contributed by atoms with van der Waals surface area (Å²) in [6.07, 6.45) is 9.45. The molecular weight excluding hydrogens is 448 g/mol. The van der Waals surface area contributed by atoms with Crippen LogP contribution in [0.3, 0.4) is 0 Å². The minimum Gasteiger partial charge on any atom is -0.493 e. The van der Waals surface area contributed by atoms with Gasteiger partial charge in [-0.3, -0.25) is 4.79 Å². The largest absolute Gasteiger partial charge is 0.493 e. The van der Waals surface area contributed by atoms with Crippen LogP contribution in [0.15, 0.2) is 18.3 Å². The zero-order chi connectivity index (χ0) is 24.8. The highest BCUT2D eigenvalue weighted by atomic mass is 16.5. The van der Waals surface area contributed by atoms with Gasteiger partial charge in [-0.15, -0.1) is 0 Å². The second-order valence-electron chi connectivity index (χ2n) is 9.09. The Labute approximate surface area is 207 Å². The molecule has 0 unspecified atom stereocenters. The average Bonchev–Trinajstić information content (AvgIpc) is 3.44. The zero-order valence-electron chi connectivity index (χ0n) is 21.1. The maximum atomic E-state index is 13.2. The molecule has 9 heteroatoms. The molecule has 190 valence electrons. The van der Waals surface area contributed by atoms with E-state index in [1.807, 2.05) is 19.2 Å². The summed E-state index contributed by atoms with van der Waals surface area (Å²) in [6, 6.07) is 3.97. The van der Waals surface area contributed by atoms with Gasteiger partial charge in [0.05, 0.1) is 27.4 Å². The average molecular weight is 485 g/mol. The summed E-state index contributed by atoms with van der Waals surface area (Å²) in [5.41, 5.74) is 1.18. The molecule has 35 heavy (non-hydrogen) atoms. The van der Waals surface area contributed by atoms with Crippen molar-refractivity contribution in [2.45, 2.75) is 57.1 Å². The minimum absolute atomic E-state index is 0.0675. The number of nitrogens with zero attached hydrogens (tertiary/aromatic N) is 3. The quantitative estimate of drug-likeness (QED) is 0.574. The molecule has 1 aromatic carbocycles. The third-order valence-corrected chi connectivity index (χ3v) is 6.91. The van der Waals surface area contributed by atoms with Crippen LogP contribution in [0.1, 0.15) is 55.3 Å². The van der Waals surface area contributed by atoms with Crippen LogP contribution in [-0.4, -0.2) is 69.5 Å². The lowest BCUT2D eigenvalue weighted by atomic mass is 9.94. The second kappa shape index (κ2) is 11.6. The molecule has 2 aliphatic rings. The summed E-state index contributed by atoms with van der Waals surface area (Å²) >= 11 is 0. The third kappa shape index (κ3) is 5.61. The van der Waals surface area contributed by atoms with Crippen molar-refractivity contribution in [1.82, 2.24) is 15.3 Å². The van der Waals surface area contributed by atoms with E-state index in [2.05, 4.69) is 15.2 Å². The van der Waals surface area contributed by atoms with Crippen LogP contribution in [-0.2, 0) is 4.74 Å². The first kappa shape index (κ1) is 25.0. The highest BCUT2D eigenvalue weighted by Crippen LogP contribution is 2.41. The van der Waals surface area contributed by atoms with Crippen molar-refractivity contribution in [3.63, 3.8) is 0 Å². The molecule has 2 aromatic rings. The minimum atomic E-state index is -0.186.